The number of halogens is 1. The summed E-state index contributed by atoms with van der Waals surface area (Å²) in [5.41, 5.74) is 5.93. The Bertz CT molecular complexity index is 2800. The zero-order chi connectivity index (χ0) is 29.6. The Kier molecular flexibility index (Phi) is 5.93. The molecule has 0 amide bonds. The number of imidazole rings is 1. The molecule has 10 aromatic rings. The van der Waals surface area contributed by atoms with Crippen LogP contribution in [0.4, 0.5) is 4.39 Å². The number of aromatic nitrogens is 4. The number of fused-ring (bicyclic) bond motifs is 13. The Labute approximate surface area is 275 Å². The van der Waals surface area contributed by atoms with Crippen molar-refractivity contribution in [1.82, 2.24) is 18.9 Å². The summed E-state index contributed by atoms with van der Waals surface area (Å²) in [4.78, 5) is 9.27. The first kappa shape index (κ1) is 27.0. The van der Waals surface area contributed by atoms with Gasteiger partial charge in [0.1, 0.15) is 23.2 Å². The van der Waals surface area contributed by atoms with Crippen molar-refractivity contribution in [3.05, 3.63) is 145 Å². The fourth-order valence-corrected chi connectivity index (χ4v) is 6.91. The Hall–Kier alpha value is -5.32. The Morgan fingerprint density at radius 1 is 0.652 bits per heavy atom. The van der Waals surface area contributed by atoms with Gasteiger partial charge in [0.2, 0.25) is 0 Å². The second-order valence-corrected chi connectivity index (χ2v) is 11.3. The monoisotopic (exact) mass is 775 g/mol. The van der Waals surface area contributed by atoms with Crippen LogP contribution >= 0.6 is 0 Å². The maximum absolute atomic E-state index is 16.6. The molecule has 5 aromatic heterocycles. The van der Waals surface area contributed by atoms with Crippen molar-refractivity contribution >= 4 is 71.1 Å². The van der Waals surface area contributed by atoms with Crippen LogP contribution in [0.25, 0.3) is 76.9 Å². The summed E-state index contributed by atoms with van der Waals surface area (Å²) >= 11 is 0. The van der Waals surface area contributed by atoms with Gasteiger partial charge in [-0.15, -0.1) is 23.8 Å². The smallest absolute Gasteiger partial charge is 0.456 e. The molecule has 5 nitrogen and oxygen atoms in total. The van der Waals surface area contributed by atoms with E-state index in [0.717, 1.165) is 76.9 Å². The molecule has 0 radical (unpaired) electrons. The number of rotatable bonds is 3. The number of hydrogen-bond acceptors (Lipinski definition) is 3. The van der Waals surface area contributed by atoms with Crippen molar-refractivity contribution in [2.75, 3.05) is 0 Å². The van der Waals surface area contributed by atoms with Crippen molar-refractivity contribution in [2.24, 2.45) is 0 Å². The summed E-state index contributed by atoms with van der Waals surface area (Å²) in [7, 11) is 0. The first-order chi connectivity index (χ1) is 22.2. The first-order valence-corrected chi connectivity index (χ1v) is 14.8. The largest absolute Gasteiger partial charge is 2.00 e. The Morgan fingerprint density at radius 3 is 2.28 bits per heavy atom. The molecule has 0 fully saturated rings. The first-order valence-electron chi connectivity index (χ1n) is 14.8. The van der Waals surface area contributed by atoms with Gasteiger partial charge in [0.15, 0.2) is 0 Å². The SMILES string of the molecule is FC(c1[c-]c2c(cc1)c1ccccc1n1ccnc21)c1[c-]c2c(cc1)c1c3oc4ccccc4c3ccc1n2-c1ccccn1.[Pt+2]. The molecule has 0 saturated heterocycles. The van der Waals surface area contributed by atoms with E-state index in [0.29, 0.717) is 11.1 Å². The van der Waals surface area contributed by atoms with E-state index >= 15 is 4.39 Å². The van der Waals surface area contributed by atoms with Crippen LogP contribution < -0.4 is 0 Å². The number of hydrogen-bond donors (Lipinski definition) is 0. The number of benzene rings is 5. The number of furan rings is 1. The predicted octanol–water partition coefficient (Wildman–Crippen LogP) is 9.69. The quantitative estimate of drug-likeness (QED) is 0.133. The molecule has 0 bridgehead atoms. The molecular formula is C39H21FN4OPt. The van der Waals surface area contributed by atoms with E-state index in [1.54, 1.807) is 12.4 Å². The van der Waals surface area contributed by atoms with Crippen LogP contribution in [-0.2, 0) is 21.1 Å². The average Bonchev–Trinajstić information content (AvgIpc) is 3.82. The van der Waals surface area contributed by atoms with Gasteiger partial charge in [0, 0.05) is 40.4 Å². The van der Waals surface area contributed by atoms with E-state index in [1.807, 2.05) is 88.0 Å². The van der Waals surface area contributed by atoms with E-state index in [2.05, 4.69) is 52.4 Å². The third-order valence-corrected chi connectivity index (χ3v) is 8.92. The molecule has 1 atom stereocenters. The van der Waals surface area contributed by atoms with Gasteiger partial charge in [-0.1, -0.05) is 69.7 Å². The van der Waals surface area contributed by atoms with E-state index < -0.39 is 6.17 Å². The zero-order valence-electron chi connectivity index (χ0n) is 24.0. The summed E-state index contributed by atoms with van der Waals surface area (Å²) in [5, 5.41) is 6.82. The van der Waals surface area contributed by atoms with Gasteiger partial charge in [-0.2, -0.15) is 18.2 Å². The van der Waals surface area contributed by atoms with Crippen LogP contribution in [0.2, 0.25) is 0 Å². The minimum atomic E-state index is -1.46. The topological polar surface area (TPSA) is 48.3 Å². The van der Waals surface area contributed by atoms with Gasteiger partial charge in [-0.05, 0) is 47.2 Å². The molecule has 0 aliphatic rings. The molecule has 10 rings (SSSR count). The van der Waals surface area contributed by atoms with Crippen molar-refractivity contribution in [3.8, 4) is 5.82 Å². The average molecular weight is 776 g/mol. The van der Waals surface area contributed by atoms with E-state index in [9.17, 15) is 0 Å². The van der Waals surface area contributed by atoms with Crippen molar-refractivity contribution < 1.29 is 29.9 Å². The van der Waals surface area contributed by atoms with Crippen molar-refractivity contribution in [2.45, 2.75) is 6.17 Å². The summed E-state index contributed by atoms with van der Waals surface area (Å²) in [6, 6.07) is 40.6. The Morgan fingerprint density at radius 2 is 1.41 bits per heavy atom. The number of pyridine rings is 2. The maximum atomic E-state index is 16.6. The van der Waals surface area contributed by atoms with Crippen LogP contribution in [0.1, 0.15) is 17.3 Å². The number of alkyl halides is 1. The number of para-hydroxylation sites is 2. The molecule has 5 aromatic carbocycles. The maximum Gasteiger partial charge on any atom is 2.00 e. The summed E-state index contributed by atoms with van der Waals surface area (Å²) < 4.78 is 27.1. The second-order valence-electron chi connectivity index (χ2n) is 11.3. The van der Waals surface area contributed by atoms with E-state index in [1.165, 1.54) is 0 Å². The van der Waals surface area contributed by atoms with Gasteiger partial charge in [0.25, 0.3) is 0 Å². The van der Waals surface area contributed by atoms with Gasteiger partial charge in [0.05, 0.1) is 5.65 Å². The minimum absolute atomic E-state index is 0. The second kappa shape index (κ2) is 10.1. The summed E-state index contributed by atoms with van der Waals surface area (Å²) in [6.45, 7) is 0. The molecule has 0 aliphatic heterocycles. The van der Waals surface area contributed by atoms with Crippen LogP contribution in [-0.4, -0.2) is 18.9 Å². The molecule has 7 heteroatoms. The van der Waals surface area contributed by atoms with E-state index in [-0.39, 0.29) is 21.1 Å². The molecule has 0 spiro atoms. The van der Waals surface area contributed by atoms with Crippen LogP contribution in [0.5, 0.6) is 0 Å². The minimum Gasteiger partial charge on any atom is -0.456 e. The van der Waals surface area contributed by atoms with Crippen LogP contribution in [0.15, 0.2) is 126 Å². The fraction of sp³-hybridized carbons (Fsp3) is 0.0256. The van der Waals surface area contributed by atoms with Crippen molar-refractivity contribution in [1.29, 1.82) is 0 Å². The summed E-state index contributed by atoms with van der Waals surface area (Å²) in [5.74, 6) is 0.725. The Balaban J connectivity index is 0.00000292. The molecule has 0 aliphatic carbocycles. The van der Waals surface area contributed by atoms with Crippen LogP contribution in [0, 0.1) is 12.1 Å². The van der Waals surface area contributed by atoms with Gasteiger partial charge >= 0.3 is 21.1 Å². The normalized spacial score (nSPS) is 12.6. The third kappa shape index (κ3) is 3.71. The molecule has 46 heavy (non-hydrogen) atoms. The molecule has 0 N–H and O–H groups in total. The van der Waals surface area contributed by atoms with Gasteiger partial charge < -0.3 is 13.4 Å². The molecular weight excluding hydrogens is 755 g/mol. The molecule has 0 saturated carbocycles. The molecule has 5 heterocycles. The molecule has 220 valence electrons. The number of nitrogens with zero attached hydrogens (tertiary/aromatic N) is 4. The third-order valence-electron chi connectivity index (χ3n) is 8.92. The zero-order valence-corrected chi connectivity index (χ0v) is 26.3. The predicted molar refractivity (Wildman–Crippen MR) is 177 cm³/mol. The van der Waals surface area contributed by atoms with Crippen molar-refractivity contribution in [3.63, 3.8) is 0 Å². The molecule has 1 unspecified atom stereocenters. The standard InChI is InChI=1S/C39H21FN4O.Pt/c40-37(23-12-14-25-26-7-1-3-9-31(26)43-20-19-42-39(43)30(25)21-23)24-13-15-29-33(22-24)44(35-11-5-6-18-41-35)32-17-16-28-27-8-2-4-10-34(27)45-38(28)36(29)32;/h1-20,37H;/q-2;+2. The van der Waals surface area contributed by atoms with Gasteiger partial charge in [-0.25, -0.2) is 9.37 Å². The van der Waals surface area contributed by atoms with Crippen LogP contribution in [0.3, 0.4) is 0 Å². The fourth-order valence-electron chi connectivity index (χ4n) is 6.91. The van der Waals surface area contributed by atoms with Gasteiger partial charge in [-0.3, -0.25) is 4.98 Å². The van der Waals surface area contributed by atoms with E-state index in [4.69, 9.17) is 4.42 Å². The summed E-state index contributed by atoms with van der Waals surface area (Å²) in [6.07, 6.45) is 4.01.